The minimum Gasteiger partial charge on any atom is -0.368 e. The molecule has 7 fully saturated rings. The third kappa shape index (κ3) is 3.85. The molecule has 5 saturated carbocycles. The standard InChI is InChI=1S/C26H39N5O4/c27-21(26-10-13-5-14(11-26)7-15(6-13)12-26)25(35)31-18-2-1-16(8-18)20(31)24(34)30-19(22(28)32)9-17-3-4-29-23(17)33/h13-21H,1-12,27H2,(H2,28,32)(H,29,33)(H,30,34)/t13?,14?,15?,16-,17-,18+,19-,20-,21+,26?/m0/s1. The molecule has 9 heteroatoms. The Bertz CT molecular complexity index is 901. The number of fused-ring (bicyclic) bond motifs is 2. The number of primary amides is 1. The second-order valence-corrected chi connectivity index (χ2v) is 12.7. The molecule has 6 N–H and O–H groups in total. The van der Waals surface area contributed by atoms with Crippen LogP contribution in [0.25, 0.3) is 0 Å². The monoisotopic (exact) mass is 485 g/mol. The highest BCUT2D eigenvalue weighted by atomic mass is 16.2. The second kappa shape index (κ2) is 8.46. The first-order valence-corrected chi connectivity index (χ1v) is 13.7. The van der Waals surface area contributed by atoms with Crippen LogP contribution in [0, 0.1) is 35.0 Å². The van der Waals surface area contributed by atoms with Crippen LogP contribution in [0.5, 0.6) is 0 Å². The van der Waals surface area contributed by atoms with Crippen molar-refractivity contribution in [3.8, 4) is 0 Å². The molecule has 6 bridgehead atoms. The summed E-state index contributed by atoms with van der Waals surface area (Å²) in [6.45, 7) is 0.569. The van der Waals surface area contributed by atoms with E-state index in [0.717, 1.165) is 38.5 Å². The van der Waals surface area contributed by atoms with E-state index in [2.05, 4.69) is 10.6 Å². The van der Waals surface area contributed by atoms with Gasteiger partial charge in [-0.15, -0.1) is 0 Å². The SMILES string of the molecule is NC(=O)[C@H](C[C@@H]1CCNC1=O)NC(=O)[C@@H]1[C@H]2CC[C@H](C2)N1C(=O)[C@@H](N)C12CC3CC(CC(C3)C1)C2. The van der Waals surface area contributed by atoms with Crippen LogP contribution in [-0.2, 0) is 19.2 Å². The van der Waals surface area contributed by atoms with E-state index in [0.29, 0.717) is 30.7 Å². The molecular formula is C26H39N5O4. The Morgan fingerprint density at radius 2 is 1.69 bits per heavy atom. The van der Waals surface area contributed by atoms with E-state index in [1.807, 2.05) is 0 Å². The van der Waals surface area contributed by atoms with E-state index in [9.17, 15) is 19.2 Å². The van der Waals surface area contributed by atoms with Crippen LogP contribution in [0.1, 0.15) is 70.6 Å². The zero-order chi connectivity index (χ0) is 24.5. The topological polar surface area (TPSA) is 148 Å². The zero-order valence-corrected chi connectivity index (χ0v) is 20.4. The van der Waals surface area contributed by atoms with Crippen molar-refractivity contribution in [1.29, 1.82) is 0 Å². The Hall–Kier alpha value is -2.16. The molecular weight excluding hydrogens is 446 g/mol. The number of hydrogen-bond donors (Lipinski definition) is 4. The summed E-state index contributed by atoms with van der Waals surface area (Å²) in [4.78, 5) is 53.5. The number of carbonyl (C=O) groups is 4. The maximum atomic E-state index is 14.0. The van der Waals surface area contributed by atoms with Crippen molar-refractivity contribution >= 4 is 23.6 Å². The van der Waals surface area contributed by atoms with E-state index in [1.165, 1.54) is 19.3 Å². The summed E-state index contributed by atoms with van der Waals surface area (Å²) >= 11 is 0. The van der Waals surface area contributed by atoms with Crippen LogP contribution < -0.4 is 22.1 Å². The van der Waals surface area contributed by atoms with Gasteiger partial charge in [0.25, 0.3) is 0 Å². The van der Waals surface area contributed by atoms with Crippen LogP contribution in [0.3, 0.4) is 0 Å². The summed E-state index contributed by atoms with van der Waals surface area (Å²) in [5.74, 6) is 0.657. The Labute approximate surface area is 206 Å². The minimum atomic E-state index is -0.927. The summed E-state index contributed by atoms with van der Waals surface area (Å²) in [5, 5.41) is 5.58. The lowest BCUT2D eigenvalue weighted by molar-refractivity contribution is -0.152. The van der Waals surface area contributed by atoms with Gasteiger partial charge in [0, 0.05) is 18.5 Å². The van der Waals surface area contributed by atoms with E-state index < -0.39 is 24.0 Å². The average molecular weight is 486 g/mol. The normalized spacial score (nSPS) is 42.7. The molecule has 2 aliphatic heterocycles. The summed E-state index contributed by atoms with van der Waals surface area (Å²) in [6.07, 6.45) is 10.4. The first-order chi connectivity index (χ1) is 16.7. The van der Waals surface area contributed by atoms with Crippen LogP contribution in [0.4, 0.5) is 0 Å². The lowest BCUT2D eigenvalue weighted by Crippen LogP contribution is -2.64. The molecule has 9 nitrogen and oxygen atoms in total. The van der Waals surface area contributed by atoms with Crippen LogP contribution in [0.15, 0.2) is 0 Å². The van der Waals surface area contributed by atoms with E-state index in [4.69, 9.17) is 11.5 Å². The van der Waals surface area contributed by atoms with Crippen molar-refractivity contribution in [1.82, 2.24) is 15.5 Å². The predicted octanol–water partition coefficient (Wildman–Crippen LogP) is 0.406. The Morgan fingerprint density at radius 1 is 1.03 bits per heavy atom. The number of carbonyl (C=O) groups excluding carboxylic acids is 4. The molecule has 35 heavy (non-hydrogen) atoms. The summed E-state index contributed by atoms with van der Waals surface area (Å²) in [7, 11) is 0. The summed E-state index contributed by atoms with van der Waals surface area (Å²) in [5.41, 5.74) is 12.3. The minimum absolute atomic E-state index is 0.0378. The van der Waals surface area contributed by atoms with Gasteiger partial charge in [-0.1, -0.05) is 0 Å². The van der Waals surface area contributed by atoms with Gasteiger partial charge in [-0.25, -0.2) is 0 Å². The molecule has 0 radical (unpaired) electrons. The quantitative estimate of drug-likeness (QED) is 0.412. The zero-order valence-electron chi connectivity index (χ0n) is 20.4. The molecule has 2 heterocycles. The number of rotatable bonds is 7. The lowest BCUT2D eigenvalue weighted by Gasteiger charge is -2.59. The fourth-order valence-corrected chi connectivity index (χ4v) is 9.28. The Morgan fingerprint density at radius 3 is 2.26 bits per heavy atom. The highest BCUT2D eigenvalue weighted by Crippen LogP contribution is 2.61. The number of nitrogens with two attached hydrogens (primary N) is 2. The first kappa shape index (κ1) is 23.3. The van der Waals surface area contributed by atoms with Crippen molar-refractivity contribution in [3.63, 3.8) is 0 Å². The van der Waals surface area contributed by atoms with Gasteiger partial charge in [0.15, 0.2) is 0 Å². The Kier molecular flexibility index (Phi) is 5.62. The smallest absolute Gasteiger partial charge is 0.243 e. The fourth-order valence-electron chi connectivity index (χ4n) is 9.28. The van der Waals surface area contributed by atoms with E-state index >= 15 is 0 Å². The van der Waals surface area contributed by atoms with Crippen molar-refractivity contribution in [2.75, 3.05) is 6.54 Å². The van der Waals surface area contributed by atoms with E-state index in [1.54, 1.807) is 4.90 Å². The van der Waals surface area contributed by atoms with Gasteiger partial charge < -0.3 is 27.0 Å². The van der Waals surface area contributed by atoms with E-state index in [-0.39, 0.29) is 47.4 Å². The highest BCUT2D eigenvalue weighted by molar-refractivity contribution is 5.94. The summed E-state index contributed by atoms with van der Waals surface area (Å²) < 4.78 is 0. The third-order valence-electron chi connectivity index (χ3n) is 10.5. The van der Waals surface area contributed by atoms with Gasteiger partial charge in [-0.2, -0.15) is 0 Å². The van der Waals surface area contributed by atoms with Gasteiger partial charge in [-0.05, 0) is 99.7 Å². The predicted molar refractivity (Wildman–Crippen MR) is 127 cm³/mol. The van der Waals surface area contributed by atoms with Crippen LogP contribution >= 0.6 is 0 Å². The third-order valence-corrected chi connectivity index (χ3v) is 10.5. The Balaban J connectivity index is 1.19. The van der Waals surface area contributed by atoms with Crippen LogP contribution in [-0.4, -0.2) is 59.2 Å². The van der Waals surface area contributed by atoms with Gasteiger partial charge in [0.05, 0.1) is 6.04 Å². The largest absolute Gasteiger partial charge is 0.368 e. The average Bonchev–Trinajstić information content (AvgIpc) is 3.53. The molecule has 4 amide bonds. The van der Waals surface area contributed by atoms with Crippen molar-refractivity contribution < 1.29 is 19.2 Å². The molecule has 5 aliphatic carbocycles. The maximum Gasteiger partial charge on any atom is 0.243 e. The number of nitrogens with zero attached hydrogens (tertiary/aromatic N) is 1. The lowest BCUT2D eigenvalue weighted by atomic mass is 9.47. The molecule has 7 aliphatic rings. The molecule has 7 rings (SSSR count). The molecule has 2 saturated heterocycles. The molecule has 0 aromatic heterocycles. The number of hydrogen-bond acceptors (Lipinski definition) is 5. The first-order valence-electron chi connectivity index (χ1n) is 13.7. The molecule has 0 spiro atoms. The highest BCUT2D eigenvalue weighted by Gasteiger charge is 2.58. The van der Waals surface area contributed by atoms with Gasteiger partial charge in [-0.3, -0.25) is 19.2 Å². The number of amides is 4. The fraction of sp³-hybridized carbons (Fsp3) is 0.846. The van der Waals surface area contributed by atoms with Gasteiger partial charge in [0.1, 0.15) is 12.1 Å². The van der Waals surface area contributed by atoms with Crippen molar-refractivity contribution in [3.05, 3.63) is 0 Å². The molecule has 0 aromatic rings. The summed E-state index contributed by atoms with van der Waals surface area (Å²) in [6, 6.07) is -2.07. The molecule has 192 valence electrons. The van der Waals surface area contributed by atoms with Crippen molar-refractivity contribution in [2.45, 2.75) is 94.8 Å². The second-order valence-electron chi connectivity index (χ2n) is 12.7. The van der Waals surface area contributed by atoms with Crippen molar-refractivity contribution in [2.24, 2.45) is 46.5 Å². The molecule has 0 aromatic carbocycles. The molecule has 0 unspecified atom stereocenters. The van der Waals surface area contributed by atoms with Gasteiger partial charge in [0.2, 0.25) is 23.6 Å². The maximum absolute atomic E-state index is 14.0. The number of piperidine rings is 1. The van der Waals surface area contributed by atoms with Gasteiger partial charge >= 0.3 is 0 Å². The van der Waals surface area contributed by atoms with Crippen LogP contribution in [0.2, 0.25) is 0 Å². The number of nitrogens with one attached hydrogen (secondary N) is 2. The number of likely N-dealkylation sites (tertiary alicyclic amines) is 1. The molecule has 6 atom stereocenters.